The molecule has 0 spiro atoms. The standard InChI is InChI=1S/C8H9NO4.Mg.2H/c10-6-2-1-4-3-5(8(12)13)7(11)9(4)6;;;/h4-5H,1-3H2,(H,12,13);;;. The van der Waals surface area contributed by atoms with Gasteiger partial charge in [0.1, 0.15) is 5.92 Å². The summed E-state index contributed by atoms with van der Waals surface area (Å²) in [5.41, 5.74) is 0. The van der Waals surface area contributed by atoms with E-state index >= 15 is 0 Å². The number of hydrogen-bond donors (Lipinski definition) is 1. The van der Waals surface area contributed by atoms with Gasteiger partial charge in [0.25, 0.3) is 0 Å². The first-order chi connectivity index (χ1) is 6.11. The molecule has 1 N–H and O–H groups in total. The van der Waals surface area contributed by atoms with Crippen LogP contribution in [0.15, 0.2) is 0 Å². The summed E-state index contributed by atoms with van der Waals surface area (Å²) >= 11 is 0. The fourth-order valence-electron chi connectivity index (χ4n) is 2.02. The van der Waals surface area contributed by atoms with Gasteiger partial charge in [0, 0.05) is 12.5 Å². The molecule has 2 fully saturated rings. The third-order valence-electron chi connectivity index (χ3n) is 2.67. The van der Waals surface area contributed by atoms with E-state index in [1.54, 1.807) is 0 Å². The summed E-state index contributed by atoms with van der Waals surface area (Å²) < 4.78 is 0. The molecule has 2 amide bonds. The van der Waals surface area contributed by atoms with E-state index in [1.807, 2.05) is 0 Å². The Hall–Kier alpha value is -0.624. The van der Waals surface area contributed by atoms with E-state index < -0.39 is 17.8 Å². The van der Waals surface area contributed by atoms with E-state index in [-0.39, 0.29) is 35.0 Å². The second-order valence-corrected chi connectivity index (χ2v) is 3.42. The minimum atomic E-state index is -1.12. The van der Waals surface area contributed by atoms with Crippen LogP contribution in [-0.4, -0.2) is 56.9 Å². The van der Waals surface area contributed by atoms with E-state index in [9.17, 15) is 14.4 Å². The molecule has 2 heterocycles. The molecular weight excluding hydrogens is 198 g/mol. The SMILES string of the molecule is O=C(O)C1CC2CCC(=O)N2C1=O.[MgH2]. The maximum absolute atomic E-state index is 11.4. The Morgan fingerprint density at radius 2 is 2.07 bits per heavy atom. The van der Waals surface area contributed by atoms with Crippen LogP contribution in [0.2, 0.25) is 0 Å². The summed E-state index contributed by atoms with van der Waals surface area (Å²) in [6.45, 7) is 0. The molecule has 6 heteroatoms. The van der Waals surface area contributed by atoms with Crippen molar-refractivity contribution in [3.05, 3.63) is 0 Å². The normalized spacial score (nSPS) is 30.1. The van der Waals surface area contributed by atoms with Gasteiger partial charge in [-0.3, -0.25) is 19.3 Å². The first kappa shape index (κ1) is 11.5. The zero-order valence-corrected chi connectivity index (χ0v) is 6.90. The zero-order chi connectivity index (χ0) is 9.59. The average Bonchev–Trinajstić information content (AvgIpc) is 2.55. The van der Waals surface area contributed by atoms with Gasteiger partial charge in [-0.25, -0.2) is 0 Å². The quantitative estimate of drug-likeness (QED) is 0.331. The fourth-order valence-corrected chi connectivity index (χ4v) is 2.02. The van der Waals surface area contributed by atoms with Crippen molar-refractivity contribution in [2.24, 2.45) is 5.92 Å². The van der Waals surface area contributed by atoms with Gasteiger partial charge in [-0.2, -0.15) is 0 Å². The molecule has 0 aromatic rings. The smallest absolute Gasteiger partial charge is 0.316 e. The summed E-state index contributed by atoms with van der Waals surface area (Å²) in [6, 6.07) is -0.152. The van der Waals surface area contributed by atoms with Crippen LogP contribution in [0.25, 0.3) is 0 Å². The number of aliphatic carboxylic acids is 1. The van der Waals surface area contributed by atoms with Crippen molar-refractivity contribution in [3.8, 4) is 0 Å². The second-order valence-electron chi connectivity index (χ2n) is 3.42. The highest BCUT2D eigenvalue weighted by Gasteiger charge is 2.49. The van der Waals surface area contributed by atoms with Crippen molar-refractivity contribution in [1.82, 2.24) is 4.90 Å². The molecule has 2 rings (SSSR count). The first-order valence-electron chi connectivity index (χ1n) is 4.20. The lowest BCUT2D eigenvalue weighted by Gasteiger charge is -2.11. The summed E-state index contributed by atoms with van der Waals surface area (Å²) in [5, 5.41) is 8.67. The Labute approximate surface area is 96.6 Å². The third-order valence-corrected chi connectivity index (χ3v) is 2.67. The molecule has 74 valence electrons. The summed E-state index contributed by atoms with van der Waals surface area (Å²) in [7, 11) is 0. The molecule has 14 heavy (non-hydrogen) atoms. The number of fused-ring (bicyclic) bond motifs is 1. The van der Waals surface area contributed by atoms with Gasteiger partial charge in [-0.05, 0) is 12.8 Å². The number of rotatable bonds is 1. The number of nitrogens with zero attached hydrogens (tertiary/aromatic N) is 1. The third kappa shape index (κ3) is 1.52. The molecule has 2 atom stereocenters. The maximum Gasteiger partial charge on any atom is 0.316 e. The number of carbonyl (C=O) groups excluding carboxylic acids is 2. The molecular formula is C8H11MgNO4. The van der Waals surface area contributed by atoms with Crippen molar-refractivity contribution in [2.45, 2.75) is 25.3 Å². The van der Waals surface area contributed by atoms with Crippen molar-refractivity contribution in [1.29, 1.82) is 0 Å². The van der Waals surface area contributed by atoms with Crippen molar-refractivity contribution in [2.75, 3.05) is 0 Å². The highest BCUT2D eigenvalue weighted by Crippen LogP contribution is 2.33. The van der Waals surface area contributed by atoms with Gasteiger partial charge < -0.3 is 5.11 Å². The number of carbonyl (C=O) groups is 3. The molecule has 2 saturated heterocycles. The Bertz CT molecular complexity index is 304. The molecule has 0 bridgehead atoms. The maximum atomic E-state index is 11.4. The minimum absolute atomic E-state index is 0. The van der Waals surface area contributed by atoms with Crippen molar-refractivity contribution in [3.63, 3.8) is 0 Å². The van der Waals surface area contributed by atoms with Gasteiger partial charge in [0.2, 0.25) is 11.8 Å². The Balaban J connectivity index is 0.000000980. The number of imide groups is 1. The predicted octanol–water partition coefficient (Wildman–Crippen LogP) is -1.31. The molecule has 2 unspecified atom stereocenters. The molecule has 2 aliphatic heterocycles. The number of carboxylic acids is 1. The van der Waals surface area contributed by atoms with Crippen molar-refractivity contribution < 1.29 is 19.5 Å². The number of carboxylic acid groups (broad SMARTS) is 1. The molecule has 0 saturated carbocycles. The zero-order valence-electron chi connectivity index (χ0n) is 6.90. The average molecular weight is 209 g/mol. The van der Waals surface area contributed by atoms with Gasteiger partial charge in [-0.15, -0.1) is 0 Å². The molecule has 0 aromatic carbocycles. The van der Waals surface area contributed by atoms with Gasteiger partial charge in [-0.1, -0.05) is 0 Å². The summed E-state index contributed by atoms with van der Waals surface area (Å²) in [6.07, 6.45) is 1.29. The van der Waals surface area contributed by atoms with Gasteiger partial charge in [0.15, 0.2) is 0 Å². The minimum Gasteiger partial charge on any atom is -0.481 e. The first-order valence-corrected chi connectivity index (χ1v) is 4.20. The predicted molar refractivity (Wildman–Crippen MR) is 49.2 cm³/mol. The van der Waals surface area contributed by atoms with Crippen LogP contribution >= 0.6 is 0 Å². The van der Waals surface area contributed by atoms with Crippen LogP contribution in [-0.2, 0) is 14.4 Å². The molecule has 0 radical (unpaired) electrons. The van der Waals surface area contributed by atoms with Crippen molar-refractivity contribution >= 4 is 40.8 Å². The van der Waals surface area contributed by atoms with Crippen LogP contribution < -0.4 is 0 Å². The van der Waals surface area contributed by atoms with E-state index in [0.717, 1.165) is 4.90 Å². The van der Waals surface area contributed by atoms with E-state index in [1.165, 1.54) is 0 Å². The highest BCUT2D eigenvalue weighted by atomic mass is 24.3. The van der Waals surface area contributed by atoms with Crippen LogP contribution in [0.1, 0.15) is 19.3 Å². The Morgan fingerprint density at radius 3 is 2.57 bits per heavy atom. The lowest BCUT2D eigenvalue weighted by Crippen LogP contribution is -2.34. The van der Waals surface area contributed by atoms with Gasteiger partial charge in [0.05, 0.1) is 0 Å². The Morgan fingerprint density at radius 1 is 1.43 bits per heavy atom. The topological polar surface area (TPSA) is 74.7 Å². The molecule has 0 aliphatic carbocycles. The molecule has 2 aliphatic rings. The van der Waals surface area contributed by atoms with E-state index in [4.69, 9.17) is 5.11 Å². The van der Waals surface area contributed by atoms with Crippen LogP contribution in [0.3, 0.4) is 0 Å². The lowest BCUT2D eigenvalue weighted by atomic mass is 10.0. The monoisotopic (exact) mass is 209 g/mol. The lowest BCUT2D eigenvalue weighted by molar-refractivity contribution is -0.149. The molecule has 0 aromatic heterocycles. The number of hydrogen-bond acceptors (Lipinski definition) is 3. The second kappa shape index (κ2) is 3.86. The van der Waals surface area contributed by atoms with Crippen LogP contribution in [0.5, 0.6) is 0 Å². The largest absolute Gasteiger partial charge is 0.481 e. The molecule has 5 nitrogen and oxygen atoms in total. The fraction of sp³-hybridized carbons (Fsp3) is 0.625. The highest BCUT2D eigenvalue weighted by molar-refractivity contribution is 6.07. The summed E-state index contributed by atoms with van der Waals surface area (Å²) in [5.74, 6) is -2.86. The van der Waals surface area contributed by atoms with Crippen LogP contribution in [0.4, 0.5) is 0 Å². The van der Waals surface area contributed by atoms with E-state index in [0.29, 0.717) is 19.3 Å². The van der Waals surface area contributed by atoms with E-state index in [2.05, 4.69) is 0 Å². The Kier molecular flexibility index (Phi) is 3.16. The summed E-state index contributed by atoms with van der Waals surface area (Å²) in [4.78, 5) is 34.2. The number of amides is 2. The van der Waals surface area contributed by atoms with Gasteiger partial charge >= 0.3 is 29.0 Å². The van der Waals surface area contributed by atoms with Crippen LogP contribution in [0, 0.1) is 5.92 Å².